The Labute approximate surface area is 156 Å². The highest BCUT2D eigenvalue weighted by atomic mass is 17.3. The molecule has 1 aliphatic carbocycles. The van der Waals surface area contributed by atoms with Crippen LogP contribution in [0.5, 0.6) is 0 Å². The molecule has 2 bridgehead atoms. The van der Waals surface area contributed by atoms with Crippen LogP contribution in [0.4, 0.5) is 0 Å². The van der Waals surface area contributed by atoms with Crippen LogP contribution in [0.3, 0.4) is 0 Å². The fourth-order valence-corrected chi connectivity index (χ4v) is 6.19. The molecule has 0 amide bonds. The van der Waals surface area contributed by atoms with Gasteiger partial charge in [-0.1, -0.05) is 13.8 Å². The molecule has 0 aromatic heterocycles. The second-order valence-electron chi connectivity index (χ2n) is 9.38. The van der Waals surface area contributed by atoms with Gasteiger partial charge in [0.1, 0.15) is 6.23 Å². The maximum absolute atomic E-state index is 6.58. The third kappa shape index (κ3) is 2.60. The van der Waals surface area contributed by atoms with Crippen molar-refractivity contribution in [3.63, 3.8) is 0 Å². The Balaban J connectivity index is 1.44. The quantitative estimate of drug-likeness (QED) is 0.758. The van der Waals surface area contributed by atoms with E-state index < -0.39 is 11.4 Å². The highest BCUT2D eigenvalue weighted by molar-refractivity contribution is 5.09. The van der Waals surface area contributed by atoms with Crippen molar-refractivity contribution in [1.82, 2.24) is 5.32 Å². The van der Waals surface area contributed by atoms with Gasteiger partial charge >= 0.3 is 0 Å². The monoisotopic (exact) mass is 367 g/mol. The van der Waals surface area contributed by atoms with Crippen molar-refractivity contribution in [2.45, 2.75) is 89.2 Å². The molecule has 6 fully saturated rings. The fourth-order valence-electron chi connectivity index (χ4n) is 6.19. The molecular formula is C20H33NO5. The van der Waals surface area contributed by atoms with Crippen molar-refractivity contribution >= 4 is 0 Å². The highest BCUT2D eigenvalue weighted by Crippen LogP contribution is 2.60. The number of ether oxygens (including phenoxy) is 3. The van der Waals surface area contributed by atoms with Gasteiger partial charge in [0.15, 0.2) is 11.9 Å². The molecule has 0 aromatic carbocycles. The minimum absolute atomic E-state index is 0.000619. The molecule has 0 unspecified atom stereocenters. The molecule has 6 heteroatoms. The van der Waals surface area contributed by atoms with E-state index in [0.717, 1.165) is 45.3 Å². The van der Waals surface area contributed by atoms with E-state index in [9.17, 15) is 0 Å². The lowest BCUT2D eigenvalue weighted by atomic mass is 9.58. The average molecular weight is 367 g/mol. The van der Waals surface area contributed by atoms with Gasteiger partial charge in [-0.05, 0) is 50.9 Å². The summed E-state index contributed by atoms with van der Waals surface area (Å²) in [7, 11) is 0. The van der Waals surface area contributed by atoms with Gasteiger partial charge in [0.2, 0.25) is 5.79 Å². The third-order valence-electron chi connectivity index (χ3n) is 7.78. The number of hydrogen-bond acceptors (Lipinski definition) is 6. The zero-order chi connectivity index (χ0) is 17.9. The van der Waals surface area contributed by atoms with Crippen molar-refractivity contribution in [2.24, 2.45) is 23.7 Å². The maximum atomic E-state index is 6.58. The number of fused-ring (bicyclic) bond motifs is 2. The second kappa shape index (κ2) is 6.39. The van der Waals surface area contributed by atoms with Gasteiger partial charge in [-0.2, -0.15) is 0 Å². The van der Waals surface area contributed by atoms with Crippen LogP contribution in [0.2, 0.25) is 0 Å². The summed E-state index contributed by atoms with van der Waals surface area (Å²) >= 11 is 0. The Morgan fingerprint density at radius 1 is 0.923 bits per heavy atom. The summed E-state index contributed by atoms with van der Waals surface area (Å²) in [5.41, 5.74) is -0.457. The predicted octanol–water partition coefficient (Wildman–Crippen LogP) is 2.96. The van der Waals surface area contributed by atoms with E-state index in [1.165, 1.54) is 6.42 Å². The molecular weight excluding hydrogens is 334 g/mol. The lowest BCUT2D eigenvalue weighted by Gasteiger charge is -2.60. The largest absolute Gasteiger partial charge is 0.381 e. The first-order valence-electron chi connectivity index (χ1n) is 10.6. The molecule has 1 spiro atoms. The van der Waals surface area contributed by atoms with E-state index in [1.54, 1.807) is 0 Å². The molecule has 148 valence electrons. The molecule has 8 atom stereocenters. The fraction of sp³-hybridized carbons (Fsp3) is 1.00. The minimum atomic E-state index is -0.693. The van der Waals surface area contributed by atoms with E-state index in [1.807, 2.05) is 6.92 Å². The Morgan fingerprint density at radius 2 is 1.73 bits per heavy atom. The number of hydrogen-bond donors (Lipinski definition) is 1. The van der Waals surface area contributed by atoms with E-state index in [2.05, 4.69) is 19.2 Å². The molecule has 0 aromatic rings. The first-order chi connectivity index (χ1) is 12.5. The van der Waals surface area contributed by atoms with E-state index in [-0.39, 0.29) is 12.5 Å². The van der Waals surface area contributed by atoms with Gasteiger partial charge in [0.05, 0.1) is 0 Å². The summed E-state index contributed by atoms with van der Waals surface area (Å²) in [6, 6.07) is 0.458. The van der Waals surface area contributed by atoms with Gasteiger partial charge < -0.3 is 14.2 Å². The SMILES string of the molecule is C[C@H]1[C@H](NC2CCOCC2)O[C@@H]2O[C@]3(C)CC[C@H]4[C@H](C)CC[C@@H]1[C@@]24OO3. The Kier molecular flexibility index (Phi) is 4.38. The van der Waals surface area contributed by atoms with Gasteiger partial charge in [-0.3, -0.25) is 5.32 Å². The third-order valence-corrected chi connectivity index (χ3v) is 7.78. The molecule has 1 N–H and O–H groups in total. The topological polar surface area (TPSA) is 58.2 Å². The first-order valence-corrected chi connectivity index (χ1v) is 10.6. The number of nitrogens with one attached hydrogen (secondary N) is 1. The maximum Gasteiger partial charge on any atom is 0.201 e. The van der Waals surface area contributed by atoms with Crippen LogP contribution in [-0.2, 0) is 24.0 Å². The van der Waals surface area contributed by atoms with Gasteiger partial charge in [0.25, 0.3) is 0 Å². The van der Waals surface area contributed by atoms with E-state index in [4.69, 9.17) is 24.0 Å². The highest BCUT2D eigenvalue weighted by Gasteiger charge is 2.69. The van der Waals surface area contributed by atoms with Gasteiger partial charge in [-0.25, -0.2) is 9.78 Å². The Bertz CT molecular complexity index is 540. The van der Waals surface area contributed by atoms with E-state index >= 15 is 0 Å². The molecule has 6 rings (SSSR count). The summed E-state index contributed by atoms with van der Waals surface area (Å²) in [6.45, 7) is 8.32. The van der Waals surface area contributed by atoms with Crippen LogP contribution >= 0.6 is 0 Å². The van der Waals surface area contributed by atoms with Crippen LogP contribution in [0.15, 0.2) is 0 Å². The molecule has 5 aliphatic heterocycles. The average Bonchev–Trinajstić information content (AvgIpc) is 2.86. The summed E-state index contributed by atoms with van der Waals surface area (Å²) < 4.78 is 18.5. The van der Waals surface area contributed by atoms with Crippen LogP contribution in [0.25, 0.3) is 0 Å². The molecule has 6 aliphatic rings. The zero-order valence-corrected chi connectivity index (χ0v) is 16.2. The Morgan fingerprint density at radius 3 is 2.54 bits per heavy atom. The first kappa shape index (κ1) is 17.8. The summed E-state index contributed by atoms with van der Waals surface area (Å²) in [5.74, 6) is 1.10. The van der Waals surface area contributed by atoms with Crippen molar-refractivity contribution < 1.29 is 24.0 Å². The molecule has 6 nitrogen and oxygen atoms in total. The second-order valence-corrected chi connectivity index (χ2v) is 9.38. The molecule has 0 radical (unpaired) electrons. The van der Waals surface area contributed by atoms with Crippen molar-refractivity contribution in [3.8, 4) is 0 Å². The molecule has 26 heavy (non-hydrogen) atoms. The summed E-state index contributed by atoms with van der Waals surface area (Å²) in [5, 5.41) is 3.77. The van der Waals surface area contributed by atoms with Crippen molar-refractivity contribution in [3.05, 3.63) is 0 Å². The molecule has 5 saturated heterocycles. The standard InChI is InChI=1S/C20H33NO5/c1-12-4-5-16-13(2)17(21-14-7-10-22-11-8-14)23-18-20(16)15(12)6-9-19(3,24-18)25-26-20/h12-18,21H,4-11H2,1-3H3/t12-,13-,15+,16+,17-,18-,19+,20-/m1/s1. The normalized spacial score (nSPS) is 54.6. The van der Waals surface area contributed by atoms with Crippen molar-refractivity contribution in [1.29, 1.82) is 0 Å². The summed E-state index contributed by atoms with van der Waals surface area (Å²) in [4.78, 5) is 12.1. The van der Waals surface area contributed by atoms with Crippen LogP contribution in [0, 0.1) is 23.7 Å². The number of rotatable bonds is 2. The van der Waals surface area contributed by atoms with Crippen LogP contribution in [-0.4, -0.2) is 43.2 Å². The summed E-state index contributed by atoms with van der Waals surface area (Å²) in [6.07, 6.45) is 6.08. The smallest absolute Gasteiger partial charge is 0.201 e. The van der Waals surface area contributed by atoms with Gasteiger partial charge in [-0.15, -0.1) is 0 Å². The predicted molar refractivity (Wildman–Crippen MR) is 93.8 cm³/mol. The van der Waals surface area contributed by atoms with E-state index in [0.29, 0.717) is 29.7 Å². The minimum Gasteiger partial charge on any atom is -0.381 e. The zero-order valence-electron chi connectivity index (χ0n) is 16.2. The van der Waals surface area contributed by atoms with Crippen LogP contribution in [0.1, 0.15) is 59.3 Å². The Hall–Kier alpha value is -0.240. The molecule has 1 saturated carbocycles. The van der Waals surface area contributed by atoms with Crippen molar-refractivity contribution in [2.75, 3.05) is 13.2 Å². The lowest BCUT2D eigenvalue weighted by Crippen LogP contribution is -2.72. The van der Waals surface area contributed by atoms with Crippen LogP contribution < -0.4 is 5.32 Å². The van der Waals surface area contributed by atoms with Gasteiger partial charge in [0, 0.05) is 37.5 Å². The lowest BCUT2D eigenvalue weighted by molar-refractivity contribution is -0.571. The molecule has 5 heterocycles.